The van der Waals surface area contributed by atoms with Crippen molar-refractivity contribution in [2.24, 2.45) is 5.92 Å². The maximum absolute atomic E-state index is 12.3. The lowest BCUT2D eigenvalue weighted by Crippen LogP contribution is -2.13. The van der Waals surface area contributed by atoms with Gasteiger partial charge >= 0.3 is 0 Å². The Morgan fingerprint density at radius 3 is 1.04 bits per heavy atom. The van der Waals surface area contributed by atoms with Gasteiger partial charge in [-0.15, -0.1) is 0 Å². The van der Waals surface area contributed by atoms with Gasteiger partial charge < -0.3 is 0 Å². The number of unbranched alkanes of at least 4 members (excludes halogenated alkanes) is 17. The fraction of sp³-hybridized carbons (Fsp3) is 0.963. The molecule has 0 bridgehead atoms. The quantitative estimate of drug-likeness (QED) is 0.158. The molecule has 0 radical (unpaired) electrons. The molecule has 1 nitrogen and oxygen atoms in total. The zero-order valence-electron chi connectivity index (χ0n) is 20.0. The van der Waals surface area contributed by atoms with Gasteiger partial charge in [0, 0.05) is 12.3 Å². The van der Waals surface area contributed by atoms with E-state index < -0.39 is 0 Å². The zero-order chi connectivity index (χ0) is 20.7. The average Bonchev–Trinajstić information content (AvgIpc) is 2.71. The van der Waals surface area contributed by atoms with Gasteiger partial charge in [-0.05, 0) is 12.8 Å². The highest BCUT2D eigenvalue weighted by Gasteiger charge is 2.15. The minimum atomic E-state index is 0.364. The van der Waals surface area contributed by atoms with E-state index in [2.05, 4.69) is 13.8 Å². The van der Waals surface area contributed by atoms with E-state index in [1.807, 2.05) is 6.92 Å². The van der Waals surface area contributed by atoms with Crippen LogP contribution in [0.2, 0.25) is 0 Å². The topological polar surface area (TPSA) is 17.1 Å². The molecule has 0 saturated carbocycles. The first-order chi connectivity index (χ1) is 13.8. The van der Waals surface area contributed by atoms with Crippen LogP contribution in [0, 0.1) is 5.92 Å². The molecule has 0 spiro atoms. The van der Waals surface area contributed by atoms with Crippen molar-refractivity contribution < 1.29 is 4.79 Å². The Morgan fingerprint density at radius 1 is 0.464 bits per heavy atom. The lowest BCUT2D eigenvalue weighted by molar-refractivity contribution is -0.123. The molecule has 0 heterocycles. The van der Waals surface area contributed by atoms with Crippen LogP contribution in [0.5, 0.6) is 0 Å². The molecule has 0 aromatic rings. The molecule has 0 aliphatic heterocycles. The summed E-state index contributed by atoms with van der Waals surface area (Å²) in [6.07, 6.45) is 29.2. The van der Waals surface area contributed by atoms with Crippen LogP contribution in [0.4, 0.5) is 0 Å². The number of ketones is 1. The molecule has 0 aromatic heterocycles. The Hall–Kier alpha value is -0.330. The molecular weight excluding hydrogens is 340 g/mol. The van der Waals surface area contributed by atoms with Gasteiger partial charge in [0.2, 0.25) is 0 Å². The van der Waals surface area contributed by atoms with Gasteiger partial charge in [-0.1, -0.05) is 143 Å². The Labute approximate surface area is 178 Å². The van der Waals surface area contributed by atoms with Crippen LogP contribution >= 0.6 is 0 Å². The standard InChI is InChI=1S/C27H54O/c1-4-7-9-11-13-15-16-17-19-21-23-25-26(27(28)6-3)24-22-20-18-14-12-10-8-5-2/h26H,4-25H2,1-3H3. The predicted octanol–water partition coefficient (Wildman–Crippen LogP) is 9.81. The van der Waals surface area contributed by atoms with E-state index in [0.717, 1.165) is 19.3 Å². The van der Waals surface area contributed by atoms with Crippen molar-refractivity contribution in [3.05, 3.63) is 0 Å². The first-order valence-electron chi connectivity index (χ1n) is 13.3. The summed E-state index contributed by atoms with van der Waals surface area (Å²) in [5, 5.41) is 0. The van der Waals surface area contributed by atoms with Crippen molar-refractivity contribution in [1.29, 1.82) is 0 Å². The molecular formula is C27H54O. The van der Waals surface area contributed by atoms with Gasteiger partial charge in [-0.2, -0.15) is 0 Å². The molecule has 1 heteroatoms. The second-order valence-electron chi connectivity index (χ2n) is 9.10. The van der Waals surface area contributed by atoms with Crippen LogP contribution in [0.15, 0.2) is 0 Å². The first-order valence-corrected chi connectivity index (χ1v) is 13.3. The number of carbonyl (C=O) groups is 1. The molecule has 0 aliphatic rings. The molecule has 0 amide bonds. The Kier molecular flexibility index (Phi) is 22.7. The fourth-order valence-electron chi connectivity index (χ4n) is 4.33. The second-order valence-corrected chi connectivity index (χ2v) is 9.10. The summed E-state index contributed by atoms with van der Waals surface area (Å²) < 4.78 is 0. The van der Waals surface area contributed by atoms with E-state index in [1.54, 1.807) is 0 Å². The fourth-order valence-corrected chi connectivity index (χ4v) is 4.33. The highest BCUT2D eigenvalue weighted by molar-refractivity contribution is 5.80. The minimum Gasteiger partial charge on any atom is -0.299 e. The van der Waals surface area contributed by atoms with E-state index in [-0.39, 0.29) is 0 Å². The van der Waals surface area contributed by atoms with Crippen LogP contribution in [0.1, 0.15) is 162 Å². The second kappa shape index (κ2) is 23.0. The van der Waals surface area contributed by atoms with E-state index in [9.17, 15) is 4.79 Å². The number of carbonyl (C=O) groups excluding carboxylic acids is 1. The Bertz CT molecular complexity index is 309. The monoisotopic (exact) mass is 394 g/mol. The first kappa shape index (κ1) is 27.7. The molecule has 0 rings (SSSR count). The van der Waals surface area contributed by atoms with Crippen molar-refractivity contribution in [3.8, 4) is 0 Å². The third kappa shape index (κ3) is 19.0. The molecule has 168 valence electrons. The van der Waals surface area contributed by atoms with Gasteiger partial charge in [0.15, 0.2) is 0 Å². The third-order valence-corrected chi connectivity index (χ3v) is 6.37. The lowest BCUT2D eigenvalue weighted by atomic mass is 9.89. The van der Waals surface area contributed by atoms with Gasteiger partial charge in [-0.25, -0.2) is 0 Å². The Balaban J connectivity index is 3.59. The molecule has 0 fully saturated rings. The largest absolute Gasteiger partial charge is 0.299 e. The smallest absolute Gasteiger partial charge is 0.135 e. The summed E-state index contributed by atoms with van der Waals surface area (Å²) in [4.78, 5) is 12.3. The van der Waals surface area contributed by atoms with Gasteiger partial charge in [0.1, 0.15) is 5.78 Å². The number of hydrogen-bond acceptors (Lipinski definition) is 1. The van der Waals surface area contributed by atoms with E-state index >= 15 is 0 Å². The highest BCUT2D eigenvalue weighted by atomic mass is 16.1. The third-order valence-electron chi connectivity index (χ3n) is 6.37. The summed E-state index contributed by atoms with van der Waals surface area (Å²) in [7, 11) is 0. The minimum absolute atomic E-state index is 0.364. The predicted molar refractivity (Wildman–Crippen MR) is 127 cm³/mol. The van der Waals surface area contributed by atoms with Gasteiger partial charge in [-0.3, -0.25) is 4.79 Å². The van der Waals surface area contributed by atoms with Gasteiger partial charge in [0.05, 0.1) is 0 Å². The Morgan fingerprint density at radius 2 is 0.750 bits per heavy atom. The molecule has 0 saturated heterocycles. The summed E-state index contributed by atoms with van der Waals surface area (Å²) >= 11 is 0. The van der Waals surface area contributed by atoms with Gasteiger partial charge in [0.25, 0.3) is 0 Å². The number of rotatable bonds is 23. The number of Topliss-reactive ketones (excluding diaryl/α,β-unsaturated/α-hetero) is 1. The van der Waals surface area contributed by atoms with Crippen molar-refractivity contribution >= 4 is 5.78 Å². The van der Waals surface area contributed by atoms with E-state index in [4.69, 9.17) is 0 Å². The summed E-state index contributed by atoms with van der Waals surface area (Å²) in [6, 6.07) is 0. The maximum atomic E-state index is 12.3. The van der Waals surface area contributed by atoms with Crippen molar-refractivity contribution in [2.75, 3.05) is 0 Å². The zero-order valence-corrected chi connectivity index (χ0v) is 20.0. The molecule has 1 atom stereocenters. The van der Waals surface area contributed by atoms with E-state index in [1.165, 1.54) is 122 Å². The van der Waals surface area contributed by atoms with Crippen LogP contribution in [0.3, 0.4) is 0 Å². The molecule has 0 aromatic carbocycles. The van der Waals surface area contributed by atoms with Crippen molar-refractivity contribution in [1.82, 2.24) is 0 Å². The van der Waals surface area contributed by atoms with Crippen LogP contribution in [0.25, 0.3) is 0 Å². The molecule has 0 aliphatic carbocycles. The lowest BCUT2D eigenvalue weighted by Gasteiger charge is -2.15. The number of hydrogen-bond donors (Lipinski definition) is 0. The van der Waals surface area contributed by atoms with Crippen molar-refractivity contribution in [3.63, 3.8) is 0 Å². The van der Waals surface area contributed by atoms with E-state index in [0.29, 0.717) is 11.7 Å². The molecule has 1 unspecified atom stereocenters. The molecule has 0 N–H and O–H groups in total. The SMILES string of the molecule is CCCCCCCCCCCCCC(CCCCCCCCCC)C(=O)CC. The summed E-state index contributed by atoms with van der Waals surface area (Å²) in [5.41, 5.74) is 0. The highest BCUT2D eigenvalue weighted by Crippen LogP contribution is 2.21. The van der Waals surface area contributed by atoms with Crippen LogP contribution in [-0.2, 0) is 4.79 Å². The van der Waals surface area contributed by atoms with Crippen LogP contribution in [-0.4, -0.2) is 5.78 Å². The maximum Gasteiger partial charge on any atom is 0.135 e. The molecule has 28 heavy (non-hydrogen) atoms. The van der Waals surface area contributed by atoms with Crippen LogP contribution < -0.4 is 0 Å². The summed E-state index contributed by atoms with van der Waals surface area (Å²) in [5.74, 6) is 0.888. The average molecular weight is 395 g/mol. The summed E-state index contributed by atoms with van der Waals surface area (Å²) in [6.45, 7) is 6.61. The normalized spacial score (nSPS) is 12.4. The van der Waals surface area contributed by atoms with Crippen molar-refractivity contribution in [2.45, 2.75) is 162 Å².